The normalized spacial score (nSPS) is 28.2. The Morgan fingerprint density at radius 2 is 1.88 bits per heavy atom. The second-order valence-electron chi connectivity index (χ2n) is 6.25. The molecule has 0 N–H and O–H groups in total. The van der Waals surface area contributed by atoms with Crippen molar-refractivity contribution in [3.8, 4) is 0 Å². The van der Waals surface area contributed by atoms with Crippen molar-refractivity contribution >= 4 is 17.9 Å². The summed E-state index contributed by atoms with van der Waals surface area (Å²) in [7, 11) is 2.45. The van der Waals surface area contributed by atoms with Crippen LogP contribution in [0.3, 0.4) is 0 Å². The SMILES string of the molecule is CCOC(=O)C1=CCC(C(=O)OC)(C(=O)OC)CC12CCC(C)O2. The van der Waals surface area contributed by atoms with Crippen LogP contribution in [0.1, 0.15) is 39.5 Å². The number of hydrogen-bond acceptors (Lipinski definition) is 7. The van der Waals surface area contributed by atoms with E-state index in [-0.39, 0.29) is 25.6 Å². The predicted molar refractivity (Wildman–Crippen MR) is 82.9 cm³/mol. The van der Waals surface area contributed by atoms with Crippen LogP contribution in [0.2, 0.25) is 0 Å². The van der Waals surface area contributed by atoms with Gasteiger partial charge in [0.1, 0.15) is 5.60 Å². The summed E-state index contributed by atoms with van der Waals surface area (Å²) in [6, 6.07) is 0. The number of allylic oxidation sites excluding steroid dienone is 1. The molecule has 2 aliphatic rings. The zero-order valence-corrected chi connectivity index (χ0v) is 14.5. The fourth-order valence-electron chi connectivity index (χ4n) is 3.65. The van der Waals surface area contributed by atoms with E-state index >= 15 is 0 Å². The molecule has 0 saturated carbocycles. The van der Waals surface area contributed by atoms with Gasteiger partial charge in [0.05, 0.1) is 32.5 Å². The van der Waals surface area contributed by atoms with Crippen LogP contribution in [-0.2, 0) is 33.3 Å². The summed E-state index contributed by atoms with van der Waals surface area (Å²) >= 11 is 0. The molecule has 7 heteroatoms. The summed E-state index contributed by atoms with van der Waals surface area (Å²) < 4.78 is 20.9. The highest BCUT2D eigenvalue weighted by Crippen LogP contribution is 2.51. The van der Waals surface area contributed by atoms with E-state index in [2.05, 4.69) is 0 Å². The average Bonchev–Trinajstić information content (AvgIpc) is 2.93. The molecule has 1 aliphatic carbocycles. The van der Waals surface area contributed by atoms with Crippen LogP contribution in [0.4, 0.5) is 0 Å². The molecule has 7 nitrogen and oxygen atoms in total. The largest absolute Gasteiger partial charge is 0.468 e. The van der Waals surface area contributed by atoms with Crippen LogP contribution in [0, 0.1) is 5.41 Å². The third kappa shape index (κ3) is 2.92. The van der Waals surface area contributed by atoms with Crippen molar-refractivity contribution in [3.05, 3.63) is 11.6 Å². The molecule has 1 spiro atoms. The first kappa shape index (κ1) is 18.4. The molecule has 2 unspecified atom stereocenters. The fourth-order valence-corrected chi connectivity index (χ4v) is 3.65. The van der Waals surface area contributed by atoms with E-state index in [9.17, 15) is 14.4 Å². The topological polar surface area (TPSA) is 88.1 Å². The van der Waals surface area contributed by atoms with E-state index in [0.717, 1.165) is 6.42 Å². The minimum Gasteiger partial charge on any atom is -0.468 e. The lowest BCUT2D eigenvalue weighted by Gasteiger charge is -2.41. The van der Waals surface area contributed by atoms with Crippen LogP contribution in [0.5, 0.6) is 0 Å². The summed E-state index contributed by atoms with van der Waals surface area (Å²) in [5.74, 6) is -1.85. The molecule has 0 aromatic heterocycles. The van der Waals surface area contributed by atoms with Crippen molar-refractivity contribution in [1.29, 1.82) is 0 Å². The van der Waals surface area contributed by atoms with E-state index in [1.165, 1.54) is 14.2 Å². The highest BCUT2D eigenvalue weighted by Gasteiger charge is 2.60. The number of esters is 3. The molecular weight excluding hydrogens is 316 g/mol. The third-order valence-corrected chi connectivity index (χ3v) is 4.76. The minimum absolute atomic E-state index is 0.00827. The zero-order chi connectivity index (χ0) is 18.0. The molecule has 1 aliphatic heterocycles. The fraction of sp³-hybridized carbons (Fsp3) is 0.706. The number of carbonyl (C=O) groups is 3. The quantitative estimate of drug-likeness (QED) is 0.436. The minimum atomic E-state index is -1.51. The van der Waals surface area contributed by atoms with E-state index in [4.69, 9.17) is 18.9 Å². The number of methoxy groups -OCH3 is 2. The standard InChI is InChI=1S/C17H24O7/c1-5-23-13(18)12-7-8-16(14(19)21-3,15(20)22-4)10-17(12)9-6-11(2)24-17/h7,11H,5-6,8-10H2,1-4H3. The van der Waals surface area contributed by atoms with Crippen LogP contribution in [0.15, 0.2) is 11.6 Å². The van der Waals surface area contributed by atoms with Gasteiger partial charge in [-0.25, -0.2) is 4.79 Å². The zero-order valence-electron chi connectivity index (χ0n) is 14.5. The maximum Gasteiger partial charge on any atom is 0.336 e. The Morgan fingerprint density at radius 3 is 2.33 bits per heavy atom. The summed E-state index contributed by atoms with van der Waals surface area (Å²) in [6.07, 6.45) is 2.74. The van der Waals surface area contributed by atoms with Crippen LogP contribution in [-0.4, -0.2) is 50.4 Å². The Kier molecular flexibility index (Phi) is 5.32. The molecule has 1 heterocycles. The number of hydrogen-bond donors (Lipinski definition) is 0. The molecule has 1 fully saturated rings. The van der Waals surface area contributed by atoms with E-state index in [1.807, 2.05) is 6.92 Å². The van der Waals surface area contributed by atoms with Crippen molar-refractivity contribution in [3.63, 3.8) is 0 Å². The van der Waals surface area contributed by atoms with Gasteiger partial charge in [0.25, 0.3) is 0 Å². The van der Waals surface area contributed by atoms with E-state index < -0.39 is 28.9 Å². The first-order chi connectivity index (χ1) is 11.3. The third-order valence-electron chi connectivity index (χ3n) is 4.76. The first-order valence-corrected chi connectivity index (χ1v) is 8.07. The summed E-state index contributed by atoms with van der Waals surface area (Å²) in [5.41, 5.74) is -2.17. The Hall–Kier alpha value is -1.89. The van der Waals surface area contributed by atoms with Gasteiger partial charge in [-0.2, -0.15) is 0 Å². The predicted octanol–water partition coefficient (Wildman–Crippen LogP) is 1.54. The van der Waals surface area contributed by atoms with Crippen LogP contribution >= 0.6 is 0 Å². The molecule has 0 amide bonds. The maximum absolute atomic E-state index is 12.4. The second-order valence-corrected chi connectivity index (χ2v) is 6.25. The Labute approximate surface area is 141 Å². The Balaban J connectivity index is 2.50. The van der Waals surface area contributed by atoms with Crippen molar-refractivity contribution < 1.29 is 33.3 Å². The monoisotopic (exact) mass is 340 g/mol. The summed E-state index contributed by atoms with van der Waals surface area (Å²) in [6.45, 7) is 3.85. The molecule has 24 heavy (non-hydrogen) atoms. The number of ether oxygens (including phenoxy) is 4. The van der Waals surface area contributed by atoms with Gasteiger partial charge >= 0.3 is 17.9 Å². The number of carbonyl (C=O) groups excluding carboxylic acids is 3. The van der Waals surface area contributed by atoms with Crippen molar-refractivity contribution in [1.82, 2.24) is 0 Å². The van der Waals surface area contributed by atoms with Crippen molar-refractivity contribution in [2.45, 2.75) is 51.2 Å². The van der Waals surface area contributed by atoms with Gasteiger partial charge in [-0.15, -0.1) is 0 Å². The average molecular weight is 340 g/mol. The maximum atomic E-state index is 12.4. The molecule has 134 valence electrons. The van der Waals surface area contributed by atoms with Gasteiger partial charge in [-0.05, 0) is 33.1 Å². The van der Waals surface area contributed by atoms with Crippen molar-refractivity contribution in [2.24, 2.45) is 5.41 Å². The lowest BCUT2D eigenvalue weighted by molar-refractivity contribution is -0.177. The van der Waals surface area contributed by atoms with Gasteiger partial charge in [0.2, 0.25) is 0 Å². The summed E-state index contributed by atoms with van der Waals surface area (Å²) in [5, 5.41) is 0. The Morgan fingerprint density at radius 1 is 1.25 bits per heavy atom. The molecular formula is C17H24O7. The second kappa shape index (κ2) is 6.93. The van der Waals surface area contributed by atoms with E-state index in [1.54, 1.807) is 13.0 Å². The highest BCUT2D eigenvalue weighted by atomic mass is 16.6. The molecule has 0 bridgehead atoms. The van der Waals surface area contributed by atoms with Gasteiger partial charge in [0.15, 0.2) is 5.41 Å². The van der Waals surface area contributed by atoms with Crippen LogP contribution in [0.25, 0.3) is 0 Å². The number of rotatable bonds is 4. The lowest BCUT2D eigenvalue weighted by Crippen LogP contribution is -2.52. The molecule has 2 rings (SSSR count). The van der Waals surface area contributed by atoms with Gasteiger partial charge in [-0.1, -0.05) is 6.08 Å². The lowest BCUT2D eigenvalue weighted by atomic mass is 9.66. The van der Waals surface area contributed by atoms with Crippen LogP contribution < -0.4 is 0 Å². The van der Waals surface area contributed by atoms with Gasteiger partial charge in [-0.3, -0.25) is 9.59 Å². The first-order valence-electron chi connectivity index (χ1n) is 8.07. The molecule has 0 aromatic rings. The van der Waals surface area contributed by atoms with Crippen molar-refractivity contribution in [2.75, 3.05) is 20.8 Å². The smallest absolute Gasteiger partial charge is 0.336 e. The van der Waals surface area contributed by atoms with Gasteiger partial charge in [0, 0.05) is 6.42 Å². The Bertz CT molecular complexity index is 549. The molecule has 0 radical (unpaired) electrons. The molecule has 2 atom stereocenters. The molecule has 0 aromatic carbocycles. The highest BCUT2D eigenvalue weighted by molar-refractivity contribution is 6.02. The summed E-state index contributed by atoms with van der Waals surface area (Å²) in [4.78, 5) is 37.1. The van der Waals surface area contributed by atoms with Gasteiger partial charge < -0.3 is 18.9 Å². The molecule has 1 saturated heterocycles. The van der Waals surface area contributed by atoms with E-state index in [0.29, 0.717) is 12.0 Å².